The first-order chi connectivity index (χ1) is 8.83. The van der Waals surface area contributed by atoms with Crippen LogP contribution in [0.25, 0.3) is 0 Å². The van der Waals surface area contributed by atoms with Gasteiger partial charge in [-0.15, -0.1) is 0 Å². The van der Waals surface area contributed by atoms with Gasteiger partial charge in [0.15, 0.2) is 0 Å². The number of hydrogen-bond acceptors (Lipinski definition) is 3. The number of Topliss-reactive ketones (excluding diaryl/α,β-unsaturated/α-hetero) is 1. The lowest BCUT2D eigenvalue weighted by atomic mass is 9.96. The Labute approximate surface area is 108 Å². The maximum absolute atomic E-state index is 11.8. The monoisotopic (exact) mass is 245 g/mol. The number of benzene rings is 1. The molecule has 0 aliphatic carbocycles. The van der Waals surface area contributed by atoms with Crippen LogP contribution in [0.2, 0.25) is 0 Å². The lowest BCUT2D eigenvalue weighted by molar-refractivity contribution is -0.131. The SMILES string of the molecule is O=C1CCOCC1CN1CCc2ccccc2C1. The highest BCUT2D eigenvalue weighted by atomic mass is 16.5. The van der Waals surface area contributed by atoms with Crippen molar-refractivity contribution in [2.24, 2.45) is 5.92 Å². The maximum Gasteiger partial charge on any atom is 0.141 e. The Bertz CT molecular complexity index is 444. The number of hydrogen-bond donors (Lipinski definition) is 0. The molecule has 1 aromatic rings. The molecule has 2 aliphatic rings. The van der Waals surface area contributed by atoms with Crippen LogP contribution in [0, 0.1) is 5.92 Å². The summed E-state index contributed by atoms with van der Waals surface area (Å²) in [6.07, 6.45) is 1.69. The molecule has 3 heteroatoms. The third-order valence-electron chi connectivity index (χ3n) is 3.96. The van der Waals surface area contributed by atoms with Gasteiger partial charge in [-0.3, -0.25) is 9.69 Å². The van der Waals surface area contributed by atoms with E-state index >= 15 is 0 Å². The molecule has 0 bridgehead atoms. The fraction of sp³-hybridized carbons (Fsp3) is 0.533. The summed E-state index contributed by atoms with van der Waals surface area (Å²) in [4.78, 5) is 14.2. The standard InChI is InChI=1S/C15H19NO2/c17-15-6-8-18-11-14(15)10-16-7-5-12-3-1-2-4-13(12)9-16/h1-4,14H,5-11H2. The van der Waals surface area contributed by atoms with Crippen LogP contribution in [0.1, 0.15) is 17.5 Å². The first-order valence-electron chi connectivity index (χ1n) is 6.72. The van der Waals surface area contributed by atoms with E-state index in [9.17, 15) is 4.79 Å². The van der Waals surface area contributed by atoms with Gasteiger partial charge in [0, 0.05) is 26.1 Å². The number of carbonyl (C=O) groups excluding carboxylic acids is 1. The van der Waals surface area contributed by atoms with Crippen LogP contribution in [0.5, 0.6) is 0 Å². The molecule has 0 N–H and O–H groups in total. The topological polar surface area (TPSA) is 29.5 Å². The minimum atomic E-state index is 0.0870. The van der Waals surface area contributed by atoms with Crippen molar-refractivity contribution in [2.45, 2.75) is 19.4 Å². The van der Waals surface area contributed by atoms with Crippen molar-refractivity contribution < 1.29 is 9.53 Å². The molecule has 1 atom stereocenters. The molecule has 2 aliphatic heterocycles. The summed E-state index contributed by atoms with van der Waals surface area (Å²) >= 11 is 0. The summed E-state index contributed by atoms with van der Waals surface area (Å²) in [5.41, 5.74) is 2.87. The molecule has 3 rings (SSSR count). The molecule has 1 unspecified atom stereocenters. The van der Waals surface area contributed by atoms with Crippen molar-refractivity contribution in [3.63, 3.8) is 0 Å². The molecular weight excluding hydrogens is 226 g/mol. The summed E-state index contributed by atoms with van der Waals surface area (Å²) in [7, 11) is 0. The van der Waals surface area contributed by atoms with E-state index in [1.807, 2.05) is 0 Å². The van der Waals surface area contributed by atoms with E-state index in [1.54, 1.807) is 0 Å². The van der Waals surface area contributed by atoms with Crippen molar-refractivity contribution in [3.05, 3.63) is 35.4 Å². The molecule has 1 saturated heterocycles. The first-order valence-corrected chi connectivity index (χ1v) is 6.72. The fourth-order valence-corrected chi connectivity index (χ4v) is 2.87. The molecule has 2 heterocycles. The Morgan fingerprint density at radius 1 is 1.22 bits per heavy atom. The van der Waals surface area contributed by atoms with Crippen molar-refractivity contribution in [1.29, 1.82) is 0 Å². The molecule has 0 aromatic heterocycles. The van der Waals surface area contributed by atoms with Crippen LogP contribution in [-0.4, -0.2) is 37.0 Å². The highest BCUT2D eigenvalue weighted by Crippen LogP contribution is 2.20. The molecule has 3 nitrogen and oxygen atoms in total. The Morgan fingerprint density at radius 3 is 2.89 bits per heavy atom. The Morgan fingerprint density at radius 2 is 2.06 bits per heavy atom. The van der Waals surface area contributed by atoms with Gasteiger partial charge in [-0.1, -0.05) is 24.3 Å². The van der Waals surface area contributed by atoms with Gasteiger partial charge in [0.2, 0.25) is 0 Å². The number of ether oxygens (including phenoxy) is 1. The predicted octanol–water partition coefficient (Wildman–Crippen LogP) is 1.65. The zero-order valence-corrected chi connectivity index (χ0v) is 10.6. The number of carbonyl (C=O) groups is 1. The lowest BCUT2D eigenvalue weighted by Gasteiger charge is -2.32. The van der Waals surface area contributed by atoms with E-state index in [0.717, 1.165) is 26.1 Å². The Balaban J connectivity index is 1.64. The normalized spacial score (nSPS) is 24.9. The number of ketones is 1. The number of fused-ring (bicyclic) bond motifs is 1. The molecule has 0 amide bonds. The van der Waals surface area contributed by atoms with E-state index < -0.39 is 0 Å². The second-order valence-electron chi connectivity index (χ2n) is 5.24. The third kappa shape index (κ3) is 2.47. The van der Waals surface area contributed by atoms with Gasteiger partial charge >= 0.3 is 0 Å². The molecule has 96 valence electrons. The van der Waals surface area contributed by atoms with Crippen molar-refractivity contribution in [1.82, 2.24) is 4.90 Å². The van der Waals surface area contributed by atoms with Crippen molar-refractivity contribution >= 4 is 5.78 Å². The second-order valence-corrected chi connectivity index (χ2v) is 5.24. The van der Waals surface area contributed by atoms with Crippen molar-refractivity contribution in [3.8, 4) is 0 Å². The zero-order chi connectivity index (χ0) is 12.4. The van der Waals surface area contributed by atoms with E-state index in [-0.39, 0.29) is 5.92 Å². The highest BCUT2D eigenvalue weighted by molar-refractivity contribution is 5.82. The largest absolute Gasteiger partial charge is 0.380 e. The van der Waals surface area contributed by atoms with Gasteiger partial charge in [-0.25, -0.2) is 0 Å². The summed E-state index contributed by atoms with van der Waals surface area (Å²) in [5, 5.41) is 0. The van der Waals surface area contributed by atoms with Crippen LogP contribution >= 0.6 is 0 Å². The Kier molecular flexibility index (Phi) is 3.43. The van der Waals surface area contributed by atoms with Gasteiger partial charge < -0.3 is 4.74 Å². The molecule has 0 radical (unpaired) electrons. The van der Waals surface area contributed by atoms with Crippen LogP contribution in [0.15, 0.2) is 24.3 Å². The summed E-state index contributed by atoms with van der Waals surface area (Å²) in [5.74, 6) is 0.462. The first kappa shape index (κ1) is 11.9. The molecule has 0 spiro atoms. The van der Waals surface area contributed by atoms with Gasteiger partial charge in [-0.05, 0) is 17.5 Å². The van der Waals surface area contributed by atoms with Crippen LogP contribution in [0.4, 0.5) is 0 Å². The molecular formula is C15H19NO2. The van der Waals surface area contributed by atoms with Crippen LogP contribution in [0.3, 0.4) is 0 Å². The van der Waals surface area contributed by atoms with E-state index in [2.05, 4.69) is 29.2 Å². The van der Waals surface area contributed by atoms with Crippen LogP contribution in [-0.2, 0) is 22.5 Å². The van der Waals surface area contributed by atoms with Gasteiger partial charge in [0.25, 0.3) is 0 Å². The molecule has 1 fully saturated rings. The Hall–Kier alpha value is -1.19. The average Bonchev–Trinajstić information content (AvgIpc) is 2.41. The smallest absolute Gasteiger partial charge is 0.141 e. The van der Waals surface area contributed by atoms with Crippen molar-refractivity contribution in [2.75, 3.05) is 26.3 Å². The lowest BCUT2D eigenvalue weighted by Crippen LogP contribution is -2.40. The number of rotatable bonds is 2. The third-order valence-corrected chi connectivity index (χ3v) is 3.96. The minimum Gasteiger partial charge on any atom is -0.380 e. The zero-order valence-electron chi connectivity index (χ0n) is 10.6. The van der Waals surface area contributed by atoms with Gasteiger partial charge in [0.05, 0.1) is 19.1 Å². The summed E-state index contributed by atoms with van der Waals surface area (Å²) in [6.45, 7) is 4.10. The summed E-state index contributed by atoms with van der Waals surface area (Å²) in [6, 6.07) is 8.60. The molecule has 1 aromatic carbocycles. The summed E-state index contributed by atoms with van der Waals surface area (Å²) < 4.78 is 5.42. The van der Waals surface area contributed by atoms with E-state index in [4.69, 9.17) is 4.74 Å². The fourth-order valence-electron chi connectivity index (χ4n) is 2.87. The molecule has 18 heavy (non-hydrogen) atoms. The average molecular weight is 245 g/mol. The van der Waals surface area contributed by atoms with Crippen LogP contribution < -0.4 is 0 Å². The quantitative estimate of drug-likeness (QED) is 0.793. The van der Waals surface area contributed by atoms with E-state index in [0.29, 0.717) is 25.4 Å². The van der Waals surface area contributed by atoms with Gasteiger partial charge in [-0.2, -0.15) is 0 Å². The van der Waals surface area contributed by atoms with Gasteiger partial charge in [0.1, 0.15) is 5.78 Å². The molecule has 0 saturated carbocycles. The minimum absolute atomic E-state index is 0.0870. The predicted molar refractivity (Wildman–Crippen MR) is 69.4 cm³/mol. The van der Waals surface area contributed by atoms with E-state index in [1.165, 1.54) is 11.1 Å². The number of nitrogens with zero attached hydrogens (tertiary/aromatic N) is 1. The maximum atomic E-state index is 11.8. The highest BCUT2D eigenvalue weighted by Gasteiger charge is 2.26. The second kappa shape index (κ2) is 5.21.